The molecule has 0 aliphatic heterocycles. The second kappa shape index (κ2) is 5.97. The summed E-state index contributed by atoms with van der Waals surface area (Å²) in [6.07, 6.45) is 0. The average molecular weight is 244 g/mol. The summed E-state index contributed by atoms with van der Waals surface area (Å²) in [6, 6.07) is 6.58. The molecule has 0 aromatic heterocycles. The van der Waals surface area contributed by atoms with E-state index in [9.17, 15) is 9.59 Å². The predicted molar refractivity (Wildman–Crippen MR) is 57.6 cm³/mol. The molecule has 1 aromatic rings. The topological polar surface area (TPSA) is 75.6 Å². The predicted octanol–water partition coefficient (Wildman–Crippen LogP) is 0.920. The van der Waals surface area contributed by atoms with E-state index in [1.54, 1.807) is 24.3 Å². The van der Waals surface area contributed by atoms with Crippen LogP contribution in [0.2, 0.25) is 5.02 Å². The molecule has 0 saturated heterocycles. The standard InChI is InChI=1S/C10H10ClNO4/c11-7-2-1-3-8(4-7)16-6-9(13)12-5-10(14)15/h1-4H,5-6H2,(H,12,13)(H,14,15). The van der Waals surface area contributed by atoms with Crippen molar-refractivity contribution in [1.29, 1.82) is 0 Å². The molecule has 0 atom stereocenters. The van der Waals surface area contributed by atoms with Crippen LogP contribution in [-0.2, 0) is 9.59 Å². The molecule has 0 aliphatic rings. The Bertz CT molecular complexity index is 394. The highest BCUT2D eigenvalue weighted by Crippen LogP contribution is 2.16. The summed E-state index contributed by atoms with van der Waals surface area (Å²) in [5.74, 6) is -1.14. The Hall–Kier alpha value is -1.75. The molecule has 1 amide bonds. The first-order chi connectivity index (χ1) is 7.58. The van der Waals surface area contributed by atoms with Crippen molar-refractivity contribution in [3.05, 3.63) is 29.3 Å². The lowest BCUT2D eigenvalue weighted by Crippen LogP contribution is -2.33. The van der Waals surface area contributed by atoms with E-state index in [1.165, 1.54) is 0 Å². The smallest absolute Gasteiger partial charge is 0.322 e. The molecule has 0 spiro atoms. The molecular formula is C10H10ClNO4. The summed E-state index contributed by atoms with van der Waals surface area (Å²) >= 11 is 5.70. The zero-order chi connectivity index (χ0) is 12.0. The van der Waals surface area contributed by atoms with Crippen molar-refractivity contribution in [1.82, 2.24) is 5.32 Å². The van der Waals surface area contributed by atoms with Crippen LogP contribution >= 0.6 is 11.6 Å². The van der Waals surface area contributed by atoms with Gasteiger partial charge in [0.25, 0.3) is 5.91 Å². The van der Waals surface area contributed by atoms with Gasteiger partial charge in [0.05, 0.1) is 0 Å². The first-order valence-corrected chi connectivity index (χ1v) is 4.82. The van der Waals surface area contributed by atoms with Gasteiger partial charge in [-0.1, -0.05) is 17.7 Å². The number of ether oxygens (including phenoxy) is 1. The van der Waals surface area contributed by atoms with Crippen LogP contribution in [0, 0.1) is 0 Å². The van der Waals surface area contributed by atoms with Crippen molar-refractivity contribution in [3.8, 4) is 5.75 Å². The van der Waals surface area contributed by atoms with Gasteiger partial charge in [0.15, 0.2) is 6.61 Å². The molecule has 0 fully saturated rings. The van der Waals surface area contributed by atoms with Crippen molar-refractivity contribution < 1.29 is 19.4 Å². The second-order valence-electron chi connectivity index (χ2n) is 2.92. The lowest BCUT2D eigenvalue weighted by atomic mass is 10.3. The Morgan fingerprint density at radius 3 is 2.81 bits per heavy atom. The third kappa shape index (κ3) is 4.65. The maximum atomic E-state index is 11.1. The molecule has 0 aliphatic carbocycles. The van der Waals surface area contributed by atoms with E-state index >= 15 is 0 Å². The van der Waals surface area contributed by atoms with Gasteiger partial charge in [-0.05, 0) is 18.2 Å². The number of benzene rings is 1. The summed E-state index contributed by atoms with van der Waals surface area (Å²) in [4.78, 5) is 21.2. The molecule has 0 bridgehead atoms. The van der Waals surface area contributed by atoms with E-state index in [0.29, 0.717) is 10.8 Å². The largest absolute Gasteiger partial charge is 0.484 e. The fourth-order valence-corrected chi connectivity index (χ4v) is 1.11. The second-order valence-corrected chi connectivity index (χ2v) is 3.35. The lowest BCUT2D eigenvalue weighted by Gasteiger charge is -2.05. The van der Waals surface area contributed by atoms with Gasteiger partial charge in [-0.2, -0.15) is 0 Å². The van der Waals surface area contributed by atoms with Crippen LogP contribution < -0.4 is 10.1 Å². The van der Waals surface area contributed by atoms with Crippen molar-refractivity contribution >= 4 is 23.5 Å². The molecule has 86 valence electrons. The number of carbonyl (C=O) groups excluding carboxylic acids is 1. The van der Waals surface area contributed by atoms with Crippen LogP contribution in [-0.4, -0.2) is 30.1 Å². The van der Waals surface area contributed by atoms with Gasteiger partial charge in [0.1, 0.15) is 12.3 Å². The molecule has 5 nitrogen and oxygen atoms in total. The molecular weight excluding hydrogens is 234 g/mol. The lowest BCUT2D eigenvalue weighted by molar-refractivity contribution is -0.138. The fraction of sp³-hybridized carbons (Fsp3) is 0.200. The number of nitrogens with one attached hydrogen (secondary N) is 1. The van der Waals surface area contributed by atoms with Crippen molar-refractivity contribution in [2.75, 3.05) is 13.2 Å². The Labute approximate surface area is 97.0 Å². The van der Waals surface area contributed by atoms with E-state index in [0.717, 1.165) is 0 Å². The van der Waals surface area contributed by atoms with Crippen LogP contribution in [0.25, 0.3) is 0 Å². The third-order valence-electron chi connectivity index (χ3n) is 1.60. The van der Waals surface area contributed by atoms with Crippen LogP contribution in [0.3, 0.4) is 0 Å². The molecule has 0 saturated carbocycles. The highest BCUT2D eigenvalue weighted by molar-refractivity contribution is 6.30. The highest BCUT2D eigenvalue weighted by Gasteiger charge is 2.04. The van der Waals surface area contributed by atoms with Crippen molar-refractivity contribution in [2.24, 2.45) is 0 Å². The van der Waals surface area contributed by atoms with Gasteiger partial charge in [-0.25, -0.2) is 0 Å². The van der Waals surface area contributed by atoms with E-state index in [1.807, 2.05) is 0 Å². The number of amides is 1. The SMILES string of the molecule is O=C(O)CNC(=O)COc1cccc(Cl)c1. The van der Waals surface area contributed by atoms with E-state index < -0.39 is 18.4 Å². The molecule has 2 N–H and O–H groups in total. The molecule has 0 radical (unpaired) electrons. The Balaban J connectivity index is 2.34. The first kappa shape index (κ1) is 12.3. The number of rotatable bonds is 5. The molecule has 0 heterocycles. The maximum Gasteiger partial charge on any atom is 0.322 e. The number of hydrogen-bond donors (Lipinski definition) is 2. The minimum absolute atomic E-state index is 0.242. The van der Waals surface area contributed by atoms with Crippen molar-refractivity contribution in [2.45, 2.75) is 0 Å². The van der Waals surface area contributed by atoms with Gasteiger partial charge in [-0.15, -0.1) is 0 Å². The Morgan fingerprint density at radius 2 is 2.19 bits per heavy atom. The summed E-state index contributed by atoms with van der Waals surface area (Å²) in [5, 5.41) is 11.0. The molecule has 0 unspecified atom stereocenters. The van der Waals surface area contributed by atoms with Gasteiger partial charge in [0.2, 0.25) is 0 Å². The quantitative estimate of drug-likeness (QED) is 0.806. The molecule has 6 heteroatoms. The zero-order valence-corrected chi connectivity index (χ0v) is 9.03. The van der Waals surface area contributed by atoms with Gasteiger partial charge in [0, 0.05) is 5.02 Å². The number of halogens is 1. The Kier molecular flexibility index (Phi) is 4.60. The summed E-state index contributed by atoms with van der Waals surface area (Å²) in [6.45, 7) is -0.661. The fourth-order valence-electron chi connectivity index (χ4n) is 0.931. The maximum absolute atomic E-state index is 11.1. The summed E-state index contributed by atoms with van der Waals surface area (Å²) in [7, 11) is 0. The zero-order valence-electron chi connectivity index (χ0n) is 8.27. The van der Waals surface area contributed by atoms with Crippen LogP contribution in [0.1, 0.15) is 0 Å². The van der Waals surface area contributed by atoms with Crippen LogP contribution in [0.4, 0.5) is 0 Å². The molecule has 16 heavy (non-hydrogen) atoms. The van der Waals surface area contributed by atoms with Gasteiger partial charge in [-0.3, -0.25) is 9.59 Å². The van der Waals surface area contributed by atoms with E-state index in [2.05, 4.69) is 5.32 Å². The monoisotopic (exact) mass is 243 g/mol. The van der Waals surface area contributed by atoms with Crippen LogP contribution in [0.5, 0.6) is 5.75 Å². The van der Waals surface area contributed by atoms with E-state index in [4.69, 9.17) is 21.4 Å². The first-order valence-electron chi connectivity index (χ1n) is 4.45. The minimum Gasteiger partial charge on any atom is -0.484 e. The highest BCUT2D eigenvalue weighted by atomic mass is 35.5. The molecule has 1 aromatic carbocycles. The number of hydrogen-bond acceptors (Lipinski definition) is 3. The van der Waals surface area contributed by atoms with Gasteiger partial charge >= 0.3 is 5.97 Å². The summed E-state index contributed by atoms with van der Waals surface area (Å²) in [5.41, 5.74) is 0. The number of carbonyl (C=O) groups is 2. The summed E-state index contributed by atoms with van der Waals surface area (Å²) < 4.78 is 5.09. The third-order valence-corrected chi connectivity index (χ3v) is 1.84. The van der Waals surface area contributed by atoms with E-state index in [-0.39, 0.29) is 6.61 Å². The van der Waals surface area contributed by atoms with Crippen molar-refractivity contribution in [3.63, 3.8) is 0 Å². The van der Waals surface area contributed by atoms with Gasteiger partial charge < -0.3 is 15.2 Å². The number of carboxylic acids is 1. The number of carboxylic acid groups (broad SMARTS) is 1. The molecule has 1 rings (SSSR count). The normalized spacial score (nSPS) is 9.56. The average Bonchev–Trinajstić information content (AvgIpc) is 2.23. The van der Waals surface area contributed by atoms with Crippen LogP contribution in [0.15, 0.2) is 24.3 Å². The Morgan fingerprint density at radius 1 is 1.44 bits per heavy atom. The minimum atomic E-state index is -1.10. The number of aliphatic carboxylic acids is 1.